The third-order valence-electron chi connectivity index (χ3n) is 4.44. The van der Waals surface area contributed by atoms with Crippen LogP contribution in [-0.4, -0.2) is 21.4 Å². The van der Waals surface area contributed by atoms with Gasteiger partial charge in [0, 0.05) is 49.9 Å². The molecule has 0 amide bonds. The molecule has 0 atom stereocenters. The lowest BCUT2D eigenvalue weighted by Gasteiger charge is -2.28. The SMILES string of the molecule is CCCc1ncc2c(n1)CCN(Cc1cc(C)ccc1C)C2. The van der Waals surface area contributed by atoms with Gasteiger partial charge in [0.1, 0.15) is 5.82 Å². The van der Waals surface area contributed by atoms with E-state index in [9.17, 15) is 0 Å². The average Bonchev–Trinajstić information content (AvgIpc) is 2.51. The van der Waals surface area contributed by atoms with Crippen LogP contribution in [0.4, 0.5) is 0 Å². The quantitative estimate of drug-likeness (QED) is 0.863. The summed E-state index contributed by atoms with van der Waals surface area (Å²) in [6.45, 7) is 9.61. The molecular weight excluding hydrogens is 270 g/mol. The van der Waals surface area contributed by atoms with Crippen molar-refractivity contribution in [3.63, 3.8) is 0 Å². The first-order valence-electron chi connectivity index (χ1n) is 8.28. The first-order chi connectivity index (χ1) is 10.7. The predicted octanol–water partition coefficient (Wildman–Crippen LogP) is 3.60. The minimum absolute atomic E-state index is 0.967. The summed E-state index contributed by atoms with van der Waals surface area (Å²) in [5.74, 6) is 1.00. The second kappa shape index (κ2) is 6.57. The molecule has 3 nitrogen and oxygen atoms in total. The predicted molar refractivity (Wildman–Crippen MR) is 89.8 cm³/mol. The molecule has 0 saturated carbocycles. The Morgan fingerprint density at radius 1 is 1.23 bits per heavy atom. The largest absolute Gasteiger partial charge is 0.294 e. The molecule has 2 heterocycles. The van der Waals surface area contributed by atoms with Crippen LogP contribution in [0.3, 0.4) is 0 Å². The second-order valence-corrected chi connectivity index (χ2v) is 6.40. The van der Waals surface area contributed by atoms with E-state index in [0.29, 0.717) is 0 Å². The molecule has 0 N–H and O–H groups in total. The van der Waals surface area contributed by atoms with Crippen LogP contribution in [0.15, 0.2) is 24.4 Å². The summed E-state index contributed by atoms with van der Waals surface area (Å²) in [5.41, 5.74) is 6.72. The van der Waals surface area contributed by atoms with E-state index in [-0.39, 0.29) is 0 Å². The molecule has 0 unspecified atom stereocenters. The van der Waals surface area contributed by atoms with Crippen molar-refractivity contribution in [1.82, 2.24) is 14.9 Å². The van der Waals surface area contributed by atoms with Gasteiger partial charge in [0.15, 0.2) is 0 Å². The maximum absolute atomic E-state index is 4.74. The molecule has 0 spiro atoms. The summed E-state index contributed by atoms with van der Waals surface area (Å²) in [7, 11) is 0. The van der Waals surface area contributed by atoms with Gasteiger partial charge in [-0.05, 0) is 31.4 Å². The van der Waals surface area contributed by atoms with Crippen molar-refractivity contribution in [3.05, 3.63) is 58.2 Å². The number of fused-ring (bicyclic) bond motifs is 1. The normalized spacial score (nSPS) is 14.9. The van der Waals surface area contributed by atoms with Crippen molar-refractivity contribution in [2.45, 2.75) is 53.1 Å². The minimum atomic E-state index is 0.967. The van der Waals surface area contributed by atoms with Crippen molar-refractivity contribution in [2.75, 3.05) is 6.54 Å². The summed E-state index contributed by atoms with van der Waals surface area (Å²) >= 11 is 0. The standard InChI is InChI=1S/C19H25N3/c1-4-5-19-20-11-17-13-22(9-8-18(17)21-19)12-16-10-14(2)6-7-15(16)3/h6-7,10-11H,4-5,8-9,12-13H2,1-3H3. The number of hydrogen-bond acceptors (Lipinski definition) is 3. The molecule has 0 fully saturated rings. The van der Waals surface area contributed by atoms with Crippen LogP contribution in [0.1, 0.15) is 47.1 Å². The Kier molecular flexibility index (Phi) is 4.53. The van der Waals surface area contributed by atoms with E-state index >= 15 is 0 Å². The van der Waals surface area contributed by atoms with Crippen molar-refractivity contribution in [1.29, 1.82) is 0 Å². The molecule has 1 aliphatic heterocycles. The van der Waals surface area contributed by atoms with Crippen LogP contribution in [0.25, 0.3) is 0 Å². The van der Waals surface area contributed by atoms with Gasteiger partial charge in [0.05, 0.1) is 0 Å². The number of hydrogen-bond donors (Lipinski definition) is 0. The fourth-order valence-corrected chi connectivity index (χ4v) is 3.11. The first-order valence-corrected chi connectivity index (χ1v) is 8.28. The molecule has 0 aliphatic carbocycles. The summed E-state index contributed by atoms with van der Waals surface area (Å²) in [4.78, 5) is 11.8. The molecule has 0 saturated heterocycles. The monoisotopic (exact) mass is 295 g/mol. The van der Waals surface area contributed by atoms with E-state index in [1.807, 2.05) is 6.20 Å². The van der Waals surface area contributed by atoms with Crippen LogP contribution < -0.4 is 0 Å². The van der Waals surface area contributed by atoms with Crippen LogP contribution in [0, 0.1) is 13.8 Å². The highest BCUT2D eigenvalue weighted by atomic mass is 15.1. The zero-order chi connectivity index (χ0) is 15.5. The Labute approximate surface area is 133 Å². The Hall–Kier alpha value is -1.74. The third kappa shape index (κ3) is 3.36. The van der Waals surface area contributed by atoms with Crippen LogP contribution >= 0.6 is 0 Å². The molecule has 3 rings (SSSR count). The maximum Gasteiger partial charge on any atom is 0.128 e. The molecule has 1 aromatic heterocycles. The number of rotatable bonds is 4. The fourth-order valence-electron chi connectivity index (χ4n) is 3.11. The minimum Gasteiger partial charge on any atom is -0.294 e. The summed E-state index contributed by atoms with van der Waals surface area (Å²) < 4.78 is 0. The van der Waals surface area contributed by atoms with Crippen LogP contribution in [-0.2, 0) is 25.9 Å². The first kappa shape index (κ1) is 15.2. The molecule has 0 bridgehead atoms. The lowest BCUT2D eigenvalue weighted by atomic mass is 10.0. The van der Waals surface area contributed by atoms with Crippen molar-refractivity contribution >= 4 is 0 Å². The van der Waals surface area contributed by atoms with Gasteiger partial charge in [-0.15, -0.1) is 0 Å². The maximum atomic E-state index is 4.74. The summed E-state index contributed by atoms with van der Waals surface area (Å²) in [5, 5.41) is 0. The fraction of sp³-hybridized carbons (Fsp3) is 0.474. The molecule has 1 aromatic carbocycles. The van der Waals surface area contributed by atoms with Crippen molar-refractivity contribution < 1.29 is 0 Å². The van der Waals surface area contributed by atoms with E-state index in [1.165, 1.54) is 27.9 Å². The van der Waals surface area contributed by atoms with E-state index in [2.05, 4.69) is 48.9 Å². The molecule has 2 aromatic rings. The van der Waals surface area contributed by atoms with E-state index in [0.717, 1.165) is 44.7 Å². The van der Waals surface area contributed by atoms with Gasteiger partial charge in [-0.3, -0.25) is 4.90 Å². The van der Waals surface area contributed by atoms with Crippen molar-refractivity contribution in [2.24, 2.45) is 0 Å². The molecular formula is C19H25N3. The Balaban J connectivity index is 1.73. The third-order valence-corrected chi connectivity index (χ3v) is 4.44. The number of nitrogens with zero attached hydrogens (tertiary/aromatic N) is 3. The van der Waals surface area contributed by atoms with Gasteiger partial charge in [-0.2, -0.15) is 0 Å². The number of aryl methyl sites for hydroxylation is 3. The number of benzene rings is 1. The molecule has 22 heavy (non-hydrogen) atoms. The zero-order valence-corrected chi connectivity index (χ0v) is 13.9. The number of aromatic nitrogens is 2. The zero-order valence-electron chi connectivity index (χ0n) is 13.9. The highest BCUT2D eigenvalue weighted by molar-refractivity contribution is 5.31. The lowest BCUT2D eigenvalue weighted by molar-refractivity contribution is 0.242. The van der Waals surface area contributed by atoms with Crippen molar-refractivity contribution in [3.8, 4) is 0 Å². The Morgan fingerprint density at radius 2 is 2.09 bits per heavy atom. The molecule has 1 aliphatic rings. The molecule has 0 radical (unpaired) electrons. The van der Waals surface area contributed by atoms with Gasteiger partial charge < -0.3 is 0 Å². The molecule has 3 heteroatoms. The smallest absolute Gasteiger partial charge is 0.128 e. The second-order valence-electron chi connectivity index (χ2n) is 6.40. The van der Waals surface area contributed by atoms with E-state index in [1.54, 1.807) is 0 Å². The Morgan fingerprint density at radius 3 is 2.91 bits per heavy atom. The topological polar surface area (TPSA) is 29.0 Å². The van der Waals surface area contributed by atoms with Gasteiger partial charge >= 0.3 is 0 Å². The van der Waals surface area contributed by atoms with E-state index < -0.39 is 0 Å². The summed E-state index contributed by atoms with van der Waals surface area (Å²) in [6.07, 6.45) is 5.18. The van der Waals surface area contributed by atoms with Crippen LogP contribution in [0.5, 0.6) is 0 Å². The lowest BCUT2D eigenvalue weighted by Crippen LogP contribution is -2.31. The van der Waals surface area contributed by atoms with E-state index in [4.69, 9.17) is 4.98 Å². The molecule has 116 valence electrons. The highest BCUT2D eigenvalue weighted by Gasteiger charge is 2.19. The summed E-state index contributed by atoms with van der Waals surface area (Å²) in [6, 6.07) is 6.72. The van der Waals surface area contributed by atoms with Gasteiger partial charge in [0.2, 0.25) is 0 Å². The van der Waals surface area contributed by atoms with Gasteiger partial charge in [-0.1, -0.05) is 30.7 Å². The van der Waals surface area contributed by atoms with Gasteiger partial charge in [0.25, 0.3) is 0 Å². The van der Waals surface area contributed by atoms with Gasteiger partial charge in [-0.25, -0.2) is 9.97 Å². The highest BCUT2D eigenvalue weighted by Crippen LogP contribution is 2.20. The Bertz CT molecular complexity index is 664. The van der Waals surface area contributed by atoms with Crippen LogP contribution in [0.2, 0.25) is 0 Å². The average molecular weight is 295 g/mol.